The van der Waals surface area contributed by atoms with Crippen LogP contribution in [0.4, 0.5) is 0 Å². The number of aryl methyl sites for hydroxylation is 2. The number of hydrazine groups is 1. The molecule has 0 spiro atoms. The van der Waals surface area contributed by atoms with E-state index in [9.17, 15) is 0 Å². The molecule has 0 saturated heterocycles. The van der Waals surface area contributed by atoms with Gasteiger partial charge in [0.25, 0.3) is 0 Å². The van der Waals surface area contributed by atoms with Crippen LogP contribution in [-0.2, 0) is 0 Å². The lowest BCUT2D eigenvalue weighted by Gasteiger charge is -2.18. The molecule has 0 heterocycles. The Kier molecular flexibility index (Phi) is 4.64. The van der Waals surface area contributed by atoms with E-state index in [-0.39, 0.29) is 6.04 Å². The fourth-order valence-corrected chi connectivity index (χ4v) is 2.77. The molecule has 0 aliphatic carbocycles. The van der Waals surface area contributed by atoms with Gasteiger partial charge in [0.15, 0.2) is 0 Å². The number of nitrogens with one attached hydrogen (secondary N) is 1. The number of nitrogens with two attached hydrogens (primary N) is 1. The quantitative estimate of drug-likeness (QED) is 0.507. The van der Waals surface area contributed by atoms with Gasteiger partial charge in [-0.1, -0.05) is 41.5 Å². The lowest BCUT2D eigenvalue weighted by molar-refractivity contribution is 0.635. The van der Waals surface area contributed by atoms with Crippen molar-refractivity contribution in [3.63, 3.8) is 0 Å². The van der Waals surface area contributed by atoms with Crippen LogP contribution >= 0.6 is 11.8 Å². The van der Waals surface area contributed by atoms with Crippen molar-refractivity contribution in [3.8, 4) is 0 Å². The Hall–Kier alpha value is -1.29. The molecule has 3 heteroatoms. The van der Waals surface area contributed by atoms with E-state index in [0.717, 1.165) is 0 Å². The maximum absolute atomic E-state index is 5.75. The molecule has 0 aliphatic rings. The van der Waals surface area contributed by atoms with Gasteiger partial charge in [0.05, 0.1) is 6.04 Å². The van der Waals surface area contributed by atoms with Crippen LogP contribution in [0.2, 0.25) is 0 Å². The van der Waals surface area contributed by atoms with Crippen molar-refractivity contribution in [2.45, 2.75) is 24.8 Å². The van der Waals surface area contributed by atoms with Crippen molar-refractivity contribution >= 4 is 11.8 Å². The first-order chi connectivity index (χ1) is 9.13. The maximum atomic E-state index is 5.75. The minimum absolute atomic E-state index is 0.0366. The number of rotatable bonds is 4. The van der Waals surface area contributed by atoms with Gasteiger partial charge in [-0.15, -0.1) is 11.8 Å². The topological polar surface area (TPSA) is 38.0 Å². The highest BCUT2D eigenvalue weighted by Gasteiger charge is 2.12. The van der Waals surface area contributed by atoms with Crippen molar-refractivity contribution in [3.05, 3.63) is 64.7 Å². The maximum Gasteiger partial charge on any atom is 0.0710 e. The summed E-state index contributed by atoms with van der Waals surface area (Å²) in [6.45, 7) is 4.22. The number of thioether (sulfide) groups is 1. The Labute approximate surface area is 119 Å². The Morgan fingerprint density at radius 3 is 2.00 bits per heavy atom. The Bertz CT molecular complexity index is 529. The molecule has 0 fully saturated rings. The van der Waals surface area contributed by atoms with E-state index in [1.807, 2.05) is 0 Å². The first-order valence-electron chi connectivity index (χ1n) is 6.32. The standard InChI is InChI=1S/C16H20N2S/c1-11-8-12(2)10-14(9-11)16(18-17)13-4-6-15(19-3)7-5-13/h4-10,16,18H,17H2,1-3H3. The average molecular weight is 272 g/mol. The van der Waals surface area contributed by atoms with E-state index >= 15 is 0 Å². The van der Waals surface area contributed by atoms with Crippen LogP contribution in [0.1, 0.15) is 28.3 Å². The number of hydrogen-bond acceptors (Lipinski definition) is 3. The minimum atomic E-state index is 0.0366. The van der Waals surface area contributed by atoms with Gasteiger partial charge in [-0.25, -0.2) is 5.43 Å². The third-order valence-electron chi connectivity index (χ3n) is 3.19. The fourth-order valence-electron chi connectivity index (χ4n) is 2.36. The first-order valence-corrected chi connectivity index (χ1v) is 7.55. The van der Waals surface area contributed by atoms with E-state index in [2.05, 4.69) is 68.0 Å². The molecule has 2 rings (SSSR count). The lowest BCUT2D eigenvalue weighted by atomic mass is 9.96. The normalized spacial score (nSPS) is 12.4. The van der Waals surface area contributed by atoms with E-state index in [1.165, 1.54) is 27.1 Å². The third-order valence-corrected chi connectivity index (χ3v) is 3.94. The molecule has 2 nitrogen and oxygen atoms in total. The molecule has 1 atom stereocenters. The predicted octanol–water partition coefficient (Wildman–Crippen LogP) is 3.58. The summed E-state index contributed by atoms with van der Waals surface area (Å²) in [6.07, 6.45) is 2.08. The first kappa shape index (κ1) is 14.1. The molecule has 0 aliphatic heterocycles. The summed E-state index contributed by atoms with van der Waals surface area (Å²) in [5, 5.41) is 0. The molecule has 3 N–H and O–H groups in total. The van der Waals surface area contributed by atoms with E-state index < -0.39 is 0 Å². The van der Waals surface area contributed by atoms with Gasteiger partial charge in [-0.2, -0.15) is 0 Å². The number of benzene rings is 2. The van der Waals surface area contributed by atoms with Crippen molar-refractivity contribution in [1.29, 1.82) is 0 Å². The van der Waals surface area contributed by atoms with Crippen LogP contribution in [-0.4, -0.2) is 6.26 Å². The predicted molar refractivity (Wildman–Crippen MR) is 83.3 cm³/mol. The van der Waals surface area contributed by atoms with Gasteiger partial charge in [0.1, 0.15) is 0 Å². The summed E-state index contributed by atoms with van der Waals surface area (Å²) in [5.41, 5.74) is 7.83. The molecule has 0 radical (unpaired) electrons. The van der Waals surface area contributed by atoms with Gasteiger partial charge in [-0.05, 0) is 43.4 Å². The molecule has 0 aromatic heterocycles. The summed E-state index contributed by atoms with van der Waals surface area (Å²) in [7, 11) is 0. The third kappa shape index (κ3) is 3.38. The van der Waals surface area contributed by atoms with E-state index in [1.54, 1.807) is 11.8 Å². The summed E-state index contributed by atoms with van der Waals surface area (Å²) < 4.78 is 0. The second kappa shape index (κ2) is 6.24. The monoisotopic (exact) mass is 272 g/mol. The minimum Gasteiger partial charge on any atom is -0.271 e. The van der Waals surface area contributed by atoms with Gasteiger partial charge >= 0.3 is 0 Å². The summed E-state index contributed by atoms with van der Waals surface area (Å²) in [5.74, 6) is 5.75. The molecule has 0 saturated carbocycles. The van der Waals surface area contributed by atoms with Crippen LogP contribution in [0.3, 0.4) is 0 Å². The summed E-state index contributed by atoms with van der Waals surface area (Å²) in [6, 6.07) is 15.1. The molecule has 0 amide bonds. The number of hydrogen-bond donors (Lipinski definition) is 2. The molecular formula is C16H20N2S. The van der Waals surface area contributed by atoms with Crippen LogP contribution in [0, 0.1) is 13.8 Å². The van der Waals surface area contributed by atoms with E-state index in [4.69, 9.17) is 5.84 Å². The molecule has 2 aromatic rings. The Morgan fingerprint density at radius 2 is 1.53 bits per heavy atom. The Balaban J connectivity index is 2.37. The fraction of sp³-hybridized carbons (Fsp3) is 0.250. The molecule has 1 unspecified atom stereocenters. The van der Waals surface area contributed by atoms with Gasteiger partial charge in [-0.3, -0.25) is 5.84 Å². The Morgan fingerprint density at radius 1 is 0.947 bits per heavy atom. The zero-order valence-corrected chi connectivity index (χ0v) is 12.4. The second-order valence-corrected chi connectivity index (χ2v) is 5.67. The van der Waals surface area contributed by atoms with Crippen LogP contribution in [0.15, 0.2) is 47.4 Å². The summed E-state index contributed by atoms with van der Waals surface area (Å²) >= 11 is 1.75. The van der Waals surface area contributed by atoms with E-state index in [0.29, 0.717) is 0 Å². The second-order valence-electron chi connectivity index (χ2n) is 4.79. The van der Waals surface area contributed by atoms with Crippen LogP contribution in [0.25, 0.3) is 0 Å². The SMILES string of the molecule is CSc1ccc(C(NN)c2cc(C)cc(C)c2)cc1. The molecule has 2 aromatic carbocycles. The van der Waals surface area contributed by atoms with Crippen LogP contribution in [0.5, 0.6) is 0 Å². The van der Waals surface area contributed by atoms with Crippen molar-refractivity contribution in [2.75, 3.05) is 6.26 Å². The smallest absolute Gasteiger partial charge is 0.0710 e. The zero-order valence-electron chi connectivity index (χ0n) is 11.6. The van der Waals surface area contributed by atoms with Gasteiger partial charge in [0.2, 0.25) is 0 Å². The van der Waals surface area contributed by atoms with Crippen LogP contribution < -0.4 is 11.3 Å². The van der Waals surface area contributed by atoms with Gasteiger partial charge in [0, 0.05) is 4.90 Å². The lowest BCUT2D eigenvalue weighted by Crippen LogP contribution is -2.28. The highest BCUT2D eigenvalue weighted by Crippen LogP contribution is 2.25. The van der Waals surface area contributed by atoms with Crippen molar-refractivity contribution in [1.82, 2.24) is 5.43 Å². The van der Waals surface area contributed by atoms with Crippen molar-refractivity contribution in [2.24, 2.45) is 5.84 Å². The molecule has 19 heavy (non-hydrogen) atoms. The largest absolute Gasteiger partial charge is 0.271 e. The van der Waals surface area contributed by atoms with Gasteiger partial charge < -0.3 is 0 Å². The average Bonchev–Trinajstić information content (AvgIpc) is 2.39. The zero-order chi connectivity index (χ0) is 13.8. The molecule has 0 bridgehead atoms. The summed E-state index contributed by atoms with van der Waals surface area (Å²) in [4.78, 5) is 1.26. The highest BCUT2D eigenvalue weighted by atomic mass is 32.2. The highest BCUT2D eigenvalue weighted by molar-refractivity contribution is 7.98. The van der Waals surface area contributed by atoms with Crippen molar-refractivity contribution < 1.29 is 0 Å². The molecule has 100 valence electrons. The molecular weight excluding hydrogens is 252 g/mol.